The first-order valence-corrected chi connectivity index (χ1v) is 8.18. The van der Waals surface area contributed by atoms with Crippen molar-refractivity contribution in [1.82, 2.24) is 10.2 Å². The van der Waals surface area contributed by atoms with Crippen molar-refractivity contribution in [2.75, 3.05) is 11.1 Å². The number of carbonyl (C=O) groups is 1. The van der Waals surface area contributed by atoms with E-state index in [1.54, 1.807) is 18.2 Å². The van der Waals surface area contributed by atoms with Crippen LogP contribution in [-0.4, -0.2) is 26.8 Å². The number of rotatable bonds is 7. The van der Waals surface area contributed by atoms with E-state index >= 15 is 0 Å². The van der Waals surface area contributed by atoms with Crippen molar-refractivity contribution in [3.05, 3.63) is 46.1 Å². The molecular formula is C15H18N4O3S. The van der Waals surface area contributed by atoms with Gasteiger partial charge in [-0.3, -0.25) is 20.0 Å². The summed E-state index contributed by atoms with van der Waals surface area (Å²) in [6.45, 7) is 4.22. The van der Waals surface area contributed by atoms with Gasteiger partial charge in [-0.1, -0.05) is 13.8 Å². The van der Waals surface area contributed by atoms with Crippen LogP contribution in [-0.2, 0) is 0 Å². The van der Waals surface area contributed by atoms with E-state index in [-0.39, 0.29) is 11.3 Å². The summed E-state index contributed by atoms with van der Waals surface area (Å²) in [7, 11) is 0. The molecule has 2 rings (SSSR count). The van der Waals surface area contributed by atoms with Gasteiger partial charge in [-0.15, -0.1) is 11.8 Å². The van der Waals surface area contributed by atoms with E-state index in [0.717, 1.165) is 12.2 Å². The monoisotopic (exact) mass is 334 g/mol. The van der Waals surface area contributed by atoms with Gasteiger partial charge in [0, 0.05) is 17.7 Å². The second-order valence-corrected chi connectivity index (χ2v) is 6.53. The molecule has 122 valence electrons. The number of aromatic nitrogens is 2. The predicted octanol–water partition coefficient (Wildman–Crippen LogP) is 3.71. The van der Waals surface area contributed by atoms with Crippen molar-refractivity contribution in [3.63, 3.8) is 0 Å². The Morgan fingerprint density at radius 1 is 1.43 bits per heavy atom. The molecule has 0 radical (unpaired) electrons. The standard InChI is InChI=1S/C15H18N4O3S/c1-10(2)6-8-23-13-4-3-11(9-12(13)19(21)22)15(20)17-14-5-7-16-18-14/h3-5,7,9-10H,6,8H2,1-2H3,(H2,16,17,18,20). The van der Waals surface area contributed by atoms with Crippen LogP contribution >= 0.6 is 11.8 Å². The largest absolute Gasteiger partial charge is 0.307 e. The van der Waals surface area contributed by atoms with Gasteiger partial charge in [0.15, 0.2) is 0 Å². The second-order valence-electron chi connectivity index (χ2n) is 5.40. The van der Waals surface area contributed by atoms with E-state index in [4.69, 9.17) is 0 Å². The third-order valence-corrected chi connectivity index (χ3v) is 4.22. The van der Waals surface area contributed by atoms with E-state index in [1.807, 2.05) is 0 Å². The van der Waals surface area contributed by atoms with Crippen LogP contribution in [0.2, 0.25) is 0 Å². The molecule has 1 heterocycles. The number of thioether (sulfide) groups is 1. The molecule has 0 saturated carbocycles. The van der Waals surface area contributed by atoms with Crippen LogP contribution in [0.15, 0.2) is 35.4 Å². The maximum absolute atomic E-state index is 12.1. The van der Waals surface area contributed by atoms with Crippen molar-refractivity contribution in [2.45, 2.75) is 25.2 Å². The smallest absolute Gasteiger partial charge is 0.283 e. The molecule has 7 nitrogen and oxygen atoms in total. The number of carbonyl (C=O) groups excluding carboxylic acids is 1. The molecule has 0 aliphatic carbocycles. The highest BCUT2D eigenvalue weighted by Gasteiger charge is 2.18. The van der Waals surface area contributed by atoms with Crippen LogP contribution in [0.25, 0.3) is 0 Å². The van der Waals surface area contributed by atoms with E-state index in [0.29, 0.717) is 16.6 Å². The van der Waals surface area contributed by atoms with Gasteiger partial charge in [0.1, 0.15) is 5.82 Å². The quantitative estimate of drug-likeness (QED) is 0.456. The summed E-state index contributed by atoms with van der Waals surface area (Å²) >= 11 is 1.44. The van der Waals surface area contributed by atoms with Crippen molar-refractivity contribution in [2.24, 2.45) is 5.92 Å². The number of benzene rings is 1. The molecule has 0 saturated heterocycles. The Morgan fingerprint density at radius 3 is 2.83 bits per heavy atom. The molecule has 0 spiro atoms. The maximum Gasteiger partial charge on any atom is 0.283 e. The van der Waals surface area contributed by atoms with Crippen molar-refractivity contribution < 1.29 is 9.72 Å². The first kappa shape index (κ1) is 17.0. The molecule has 0 unspecified atom stereocenters. The van der Waals surface area contributed by atoms with Crippen LogP contribution in [0.4, 0.5) is 11.5 Å². The molecule has 1 aromatic heterocycles. The van der Waals surface area contributed by atoms with Crippen LogP contribution in [0, 0.1) is 16.0 Å². The Labute approximate surface area is 138 Å². The summed E-state index contributed by atoms with van der Waals surface area (Å²) in [4.78, 5) is 23.5. The number of aromatic amines is 1. The van der Waals surface area contributed by atoms with Crippen molar-refractivity contribution in [3.8, 4) is 0 Å². The van der Waals surface area contributed by atoms with Crippen LogP contribution in [0.5, 0.6) is 0 Å². The highest BCUT2D eigenvalue weighted by atomic mass is 32.2. The SMILES string of the molecule is CC(C)CCSc1ccc(C(=O)Nc2ccn[nH]2)cc1[N+](=O)[O-]. The number of hydrogen-bond acceptors (Lipinski definition) is 5. The number of nitro groups is 1. The number of H-pyrrole nitrogens is 1. The molecule has 0 aliphatic heterocycles. The fourth-order valence-electron chi connectivity index (χ4n) is 1.85. The Kier molecular flexibility index (Phi) is 5.75. The summed E-state index contributed by atoms with van der Waals surface area (Å²) in [5.41, 5.74) is 0.190. The third kappa shape index (κ3) is 4.82. The topological polar surface area (TPSA) is 101 Å². The summed E-state index contributed by atoms with van der Waals surface area (Å²) in [5, 5.41) is 20.2. The lowest BCUT2D eigenvalue weighted by Crippen LogP contribution is -2.12. The number of amides is 1. The first-order chi connectivity index (χ1) is 11.0. The zero-order chi connectivity index (χ0) is 16.8. The van der Waals surface area contributed by atoms with Gasteiger partial charge in [0.2, 0.25) is 0 Å². The molecule has 0 aliphatic rings. The van der Waals surface area contributed by atoms with Crippen LogP contribution in [0.1, 0.15) is 30.6 Å². The molecule has 0 fully saturated rings. The molecule has 0 atom stereocenters. The lowest BCUT2D eigenvalue weighted by atomic mass is 10.2. The molecular weight excluding hydrogens is 316 g/mol. The van der Waals surface area contributed by atoms with Gasteiger partial charge < -0.3 is 5.32 Å². The molecule has 0 bridgehead atoms. The van der Waals surface area contributed by atoms with Gasteiger partial charge in [-0.2, -0.15) is 5.10 Å². The molecule has 23 heavy (non-hydrogen) atoms. The van der Waals surface area contributed by atoms with Crippen molar-refractivity contribution >= 4 is 29.2 Å². The van der Waals surface area contributed by atoms with Gasteiger partial charge in [-0.25, -0.2) is 0 Å². The summed E-state index contributed by atoms with van der Waals surface area (Å²) in [6.07, 6.45) is 2.48. The summed E-state index contributed by atoms with van der Waals surface area (Å²) in [6, 6.07) is 6.13. The second kappa shape index (κ2) is 7.77. The Bertz CT molecular complexity index is 686. The Hall–Kier alpha value is -2.35. The lowest BCUT2D eigenvalue weighted by molar-refractivity contribution is -0.387. The van der Waals surface area contributed by atoms with Gasteiger partial charge in [-0.05, 0) is 30.2 Å². The first-order valence-electron chi connectivity index (χ1n) is 7.19. The summed E-state index contributed by atoms with van der Waals surface area (Å²) in [5.74, 6) is 1.36. The highest BCUT2D eigenvalue weighted by Crippen LogP contribution is 2.31. The number of nitrogens with zero attached hydrogens (tertiary/aromatic N) is 2. The minimum atomic E-state index is -0.454. The van der Waals surface area contributed by atoms with Gasteiger partial charge in [0.05, 0.1) is 16.0 Å². The van der Waals surface area contributed by atoms with Crippen molar-refractivity contribution in [1.29, 1.82) is 0 Å². The maximum atomic E-state index is 12.1. The zero-order valence-corrected chi connectivity index (χ0v) is 13.7. The van der Waals surface area contributed by atoms with Gasteiger partial charge in [0.25, 0.3) is 11.6 Å². The van der Waals surface area contributed by atoms with Gasteiger partial charge >= 0.3 is 0 Å². The Morgan fingerprint density at radius 2 is 2.22 bits per heavy atom. The predicted molar refractivity (Wildman–Crippen MR) is 89.8 cm³/mol. The third-order valence-electron chi connectivity index (χ3n) is 3.12. The number of hydrogen-bond donors (Lipinski definition) is 2. The molecule has 1 amide bonds. The molecule has 2 N–H and O–H groups in total. The average Bonchev–Trinajstić information content (AvgIpc) is 2.99. The number of nitro benzene ring substituents is 1. The number of anilines is 1. The van der Waals surface area contributed by atoms with E-state index in [2.05, 4.69) is 29.4 Å². The molecule has 1 aromatic carbocycles. The Balaban J connectivity index is 2.14. The minimum absolute atomic E-state index is 0.0454. The van der Waals surface area contributed by atoms with Crippen LogP contribution in [0.3, 0.4) is 0 Å². The summed E-state index contributed by atoms with van der Waals surface area (Å²) < 4.78 is 0. The molecule has 8 heteroatoms. The minimum Gasteiger partial charge on any atom is -0.307 e. The van der Waals surface area contributed by atoms with E-state index < -0.39 is 10.8 Å². The fourth-order valence-corrected chi connectivity index (χ4v) is 3.10. The molecule has 2 aromatic rings. The number of nitrogens with one attached hydrogen (secondary N) is 2. The highest BCUT2D eigenvalue weighted by molar-refractivity contribution is 7.99. The fraction of sp³-hybridized carbons (Fsp3) is 0.333. The normalized spacial score (nSPS) is 10.7. The lowest BCUT2D eigenvalue weighted by Gasteiger charge is -2.07. The van der Waals surface area contributed by atoms with E-state index in [1.165, 1.54) is 24.0 Å². The average molecular weight is 334 g/mol. The van der Waals surface area contributed by atoms with Crippen LogP contribution < -0.4 is 5.32 Å². The van der Waals surface area contributed by atoms with E-state index in [9.17, 15) is 14.9 Å². The zero-order valence-electron chi connectivity index (χ0n) is 12.9.